The number of aromatic nitrogens is 1. The van der Waals surface area contributed by atoms with Gasteiger partial charge in [-0.2, -0.15) is 13.2 Å². The maximum absolute atomic E-state index is 12.8. The van der Waals surface area contributed by atoms with Gasteiger partial charge in [-0.1, -0.05) is 50.3 Å². The van der Waals surface area contributed by atoms with Crippen molar-refractivity contribution in [3.8, 4) is 0 Å². The Balaban J connectivity index is 1.69. The molecule has 0 unspecified atom stereocenters. The van der Waals surface area contributed by atoms with Gasteiger partial charge in [-0.3, -0.25) is 9.59 Å². The van der Waals surface area contributed by atoms with E-state index in [1.165, 1.54) is 0 Å². The first-order valence-electron chi connectivity index (χ1n) is 11.1. The van der Waals surface area contributed by atoms with Gasteiger partial charge >= 0.3 is 12.1 Å². The van der Waals surface area contributed by atoms with Crippen LogP contribution < -0.4 is 5.32 Å². The second kappa shape index (κ2) is 11.1. The minimum atomic E-state index is -4.48. The number of nitrogens with zero attached hydrogens (tertiary/aromatic N) is 1. The van der Waals surface area contributed by atoms with Gasteiger partial charge in [0.1, 0.15) is 6.04 Å². The van der Waals surface area contributed by atoms with Crippen LogP contribution in [0.3, 0.4) is 0 Å². The molecule has 2 aromatic carbocycles. The number of alkyl halides is 3. The summed E-state index contributed by atoms with van der Waals surface area (Å²) in [6, 6.07) is 13.0. The average Bonchev–Trinajstić information content (AvgIpc) is 3.29. The Hall–Kier alpha value is -4.14. The Morgan fingerprint density at radius 2 is 1.69 bits per heavy atom. The lowest BCUT2D eigenvalue weighted by molar-refractivity contribution is -0.140. The molecule has 1 aromatic heterocycles. The third-order valence-electron chi connectivity index (χ3n) is 5.52. The molecule has 188 valence electrons. The van der Waals surface area contributed by atoms with Gasteiger partial charge in [-0.15, -0.1) is 0 Å². The van der Waals surface area contributed by atoms with E-state index in [0.29, 0.717) is 23.4 Å². The van der Waals surface area contributed by atoms with Crippen LogP contribution in [-0.2, 0) is 17.5 Å². The normalized spacial score (nSPS) is 12.6. The van der Waals surface area contributed by atoms with Crippen molar-refractivity contribution < 1.29 is 32.7 Å². The summed E-state index contributed by atoms with van der Waals surface area (Å²) in [6.45, 7) is 3.71. The van der Waals surface area contributed by atoms with E-state index in [1.807, 2.05) is 0 Å². The zero-order chi connectivity index (χ0) is 26.5. The Morgan fingerprint density at radius 1 is 1.00 bits per heavy atom. The van der Waals surface area contributed by atoms with Crippen LogP contribution >= 0.6 is 0 Å². The molecular weight excluding hydrogens is 473 g/mol. The van der Waals surface area contributed by atoms with E-state index in [1.54, 1.807) is 73.2 Å². The summed E-state index contributed by atoms with van der Waals surface area (Å²) in [7, 11) is 0. The smallest absolute Gasteiger partial charge is 0.416 e. The average molecular weight is 499 g/mol. The predicted octanol–water partition coefficient (Wildman–Crippen LogP) is 5.29. The fraction of sp³-hybridized carbons (Fsp3) is 0.222. The molecule has 3 aromatic rings. The van der Waals surface area contributed by atoms with E-state index in [4.69, 9.17) is 0 Å². The lowest BCUT2D eigenvalue weighted by atomic mass is 10.0. The molecule has 1 heterocycles. The standard InChI is InChI=1S/C27H25F3N2O4/c1-17(2)23(26(35)36)31-25(34)20-8-3-6-18(16-20)7-4-14-32-15-5-9-22(32)24(33)19-10-12-21(13-11-19)27(28,29)30/h3-13,15-17,23H,14H2,1-2H3,(H,31,34)(H,35,36)/b7-4+/t23-/m0/s1. The van der Waals surface area contributed by atoms with Gasteiger partial charge in [0.25, 0.3) is 5.91 Å². The van der Waals surface area contributed by atoms with E-state index >= 15 is 0 Å². The lowest BCUT2D eigenvalue weighted by Gasteiger charge is -2.18. The van der Waals surface area contributed by atoms with E-state index in [2.05, 4.69) is 5.32 Å². The first-order chi connectivity index (χ1) is 17.0. The Bertz CT molecular complexity index is 1270. The van der Waals surface area contributed by atoms with Crippen molar-refractivity contribution in [3.05, 3.63) is 101 Å². The molecule has 0 spiro atoms. The fourth-order valence-electron chi connectivity index (χ4n) is 3.56. The summed E-state index contributed by atoms with van der Waals surface area (Å²) in [5, 5.41) is 11.8. The number of halogens is 3. The van der Waals surface area contributed by atoms with E-state index < -0.39 is 35.4 Å². The van der Waals surface area contributed by atoms with E-state index in [-0.39, 0.29) is 11.5 Å². The van der Waals surface area contributed by atoms with Crippen molar-refractivity contribution in [1.29, 1.82) is 0 Å². The Morgan fingerprint density at radius 3 is 2.31 bits per heavy atom. The summed E-state index contributed by atoms with van der Waals surface area (Å²) in [5.74, 6) is -2.29. The van der Waals surface area contributed by atoms with Gasteiger partial charge in [0.2, 0.25) is 5.78 Å². The Labute approximate surface area is 206 Å². The van der Waals surface area contributed by atoms with Crippen molar-refractivity contribution in [1.82, 2.24) is 9.88 Å². The van der Waals surface area contributed by atoms with Gasteiger partial charge in [0, 0.05) is 23.9 Å². The number of carboxylic acids is 1. The Kier molecular flexibility index (Phi) is 8.14. The molecule has 2 N–H and O–H groups in total. The number of ketones is 1. The minimum absolute atomic E-state index is 0.145. The van der Waals surface area contributed by atoms with Gasteiger partial charge in [-0.05, 0) is 47.9 Å². The number of amides is 1. The molecule has 0 aliphatic carbocycles. The number of allylic oxidation sites excluding steroid dienone is 1. The molecule has 0 saturated carbocycles. The molecule has 1 amide bonds. The predicted molar refractivity (Wildman–Crippen MR) is 129 cm³/mol. The number of hydrogen-bond acceptors (Lipinski definition) is 3. The van der Waals surface area contributed by atoms with Gasteiger partial charge in [-0.25, -0.2) is 4.79 Å². The number of carbonyl (C=O) groups is 3. The van der Waals surface area contributed by atoms with Crippen LogP contribution in [-0.4, -0.2) is 33.4 Å². The number of nitrogens with one attached hydrogen (secondary N) is 1. The first kappa shape index (κ1) is 26.5. The molecule has 1 atom stereocenters. The maximum Gasteiger partial charge on any atom is 0.416 e. The van der Waals surface area contributed by atoms with Crippen molar-refractivity contribution >= 4 is 23.7 Å². The highest BCUT2D eigenvalue weighted by molar-refractivity contribution is 6.08. The molecule has 3 rings (SSSR count). The third-order valence-corrected chi connectivity index (χ3v) is 5.52. The SMILES string of the molecule is CC(C)[C@H](NC(=O)c1cccc(/C=C/Cn2cccc2C(=O)c2ccc(C(F)(F)F)cc2)c1)C(=O)O. The summed E-state index contributed by atoms with van der Waals surface area (Å²) >= 11 is 0. The molecule has 0 aliphatic rings. The molecule has 0 saturated heterocycles. The number of benzene rings is 2. The number of carbonyl (C=O) groups excluding carboxylic acids is 2. The maximum atomic E-state index is 12.8. The minimum Gasteiger partial charge on any atom is -0.480 e. The highest BCUT2D eigenvalue weighted by Gasteiger charge is 2.30. The van der Waals surface area contributed by atoms with Crippen molar-refractivity contribution in [2.45, 2.75) is 32.6 Å². The second-order valence-corrected chi connectivity index (χ2v) is 8.51. The van der Waals surface area contributed by atoms with Gasteiger partial charge in [0.15, 0.2) is 0 Å². The fourth-order valence-corrected chi connectivity index (χ4v) is 3.56. The number of aliphatic carboxylic acids is 1. The van der Waals surface area contributed by atoms with Crippen LogP contribution in [0.4, 0.5) is 13.2 Å². The monoisotopic (exact) mass is 498 g/mol. The molecule has 0 fully saturated rings. The lowest BCUT2D eigenvalue weighted by Crippen LogP contribution is -2.44. The number of carboxylic acid groups (broad SMARTS) is 1. The van der Waals surface area contributed by atoms with Crippen LogP contribution in [0.1, 0.15) is 51.4 Å². The molecular formula is C27H25F3N2O4. The summed E-state index contributed by atoms with van der Waals surface area (Å²) in [6.07, 6.45) is 0.732. The number of rotatable bonds is 9. The van der Waals surface area contributed by atoms with Crippen LogP contribution in [0.15, 0.2) is 72.9 Å². The van der Waals surface area contributed by atoms with Crippen LogP contribution in [0.25, 0.3) is 6.08 Å². The summed E-state index contributed by atoms with van der Waals surface area (Å²) in [5.41, 5.74) is 0.647. The highest BCUT2D eigenvalue weighted by Crippen LogP contribution is 2.29. The number of hydrogen-bond donors (Lipinski definition) is 2. The molecule has 0 bridgehead atoms. The third kappa shape index (κ3) is 6.50. The molecule has 0 radical (unpaired) electrons. The van der Waals surface area contributed by atoms with Crippen molar-refractivity contribution in [2.75, 3.05) is 0 Å². The molecule has 6 nitrogen and oxygen atoms in total. The van der Waals surface area contributed by atoms with Crippen LogP contribution in [0.2, 0.25) is 0 Å². The van der Waals surface area contributed by atoms with Crippen LogP contribution in [0, 0.1) is 5.92 Å². The summed E-state index contributed by atoms with van der Waals surface area (Å²) in [4.78, 5) is 36.7. The van der Waals surface area contributed by atoms with E-state index in [0.717, 1.165) is 24.3 Å². The van der Waals surface area contributed by atoms with Crippen LogP contribution in [0.5, 0.6) is 0 Å². The molecule has 0 aliphatic heterocycles. The largest absolute Gasteiger partial charge is 0.480 e. The van der Waals surface area contributed by atoms with Gasteiger partial charge in [0.05, 0.1) is 11.3 Å². The topological polar surface area (TPSA) is 88.4 Å². The van der Waals surface area contributed by atoms with Crippen molar-refractivity contribution in [3.63, 3.8) is 0 Å². The zero-order valence-electron chi connectivity index (χ0n) is 19.6. The second-order valence-electron chi connectivity index (χ2n) is 8.51. The van der Waals surface area contributed by atoms with Crippen molar-refractivity contribution in [2.24, 2.45) is 5.92 Å². The first-order valence-corrected chi connectivity index (χ1v) is 11.1. The summed E-state index contributed by atoms with van der Waals surface area (Å²) < 4.78 is 40.0. The molecule has 36 heavy (non-hydrogen) atoms. The van der Waals surface area contributed by atoms with E-state index in [9.17, 15) is 32.7 Å². The quantitative estimate of drug-likeness (QED) is 0.393. The van der Waals surface area contributed by atoms with Gasteiger partial charge < -0.3 is 15.0 Å². The zero-order valence-corrected chi connectivity index (χ0v) is 19.6. The molecule has 9 heteroatoms. The highest BCUT2D eigenvalue weighted by atomic mass is 19.4.